The van der Waals surface area contributed by atoms with E-state index in [9.17, 15) is 9.59 Å². The van der Waals surface area contributed by atoms with Gasteiger partial charge < -0.3 is 10.2 Å². The monoisotopic (exact) mass is 620 g/mol. The number of halogens is 3. The summed E-state index contributed by atoms with van der Waals surface area (Å²) in [6.45, 7) is 6.13. The van der Waals surface area contributed by atoms with E-state index in [-0.39, 0.29) is 17.6 Å². The number of nitrogens with zero attached hydrogens (tertiary/aromatic N) is 1. The minimum atomic E-state index is -0.678. The lowest BCUT2D eigenvalue weighted by atomic mass is 10.0. The lowest BCUT2D eigenvalue weighted by Crippen LogP contribution is -2.54. The van der Waals surface area contributed by atoms with Gasteiger partial charge in [0.1, 0.15) is 6.04 Å². The van der Waals surface area contributed by atoms with Crippen LogP contribution in [0.1, 0.15) is 37.5 Å². The molecule has 37 heavy (non-hydrogen) atoms. The Bertz CT molecular complexity index is 1180. The van der Waals surface area contributed by atoms with E-state index in [0.29, 0.717) is 28.8 Å². The summed E-state index contributed by atoms with van der Waals surface area (Å²) < 4.78 is 0.951. The van der Waals surface area contributed by atoms with Crippen LogP contribution in [0.2, 0.25) is 10.0 Å². The predicted octanol–water partition coefficient (Wildman–Crippen LogP) is 7.54. The van der Waals surface area contributed by atoms with E-state index >= 15 is 0 Å². The molecule has 3 aromatic rings. The minimum absolute atomic E-state index is 0.124. The summed E-state index contributed by atoms with van der Waals surface area (Å²) in [5.41, 5.74) is 2.29. The highest BCUT2D eigenvalue weighted by Crippen LogP contribution is 2.28. The van der Waals surface area contributed by atoms with Gasteiger partial charge >= 0.3 is 0 Å². The van der Waals surface area contributed by atoms with Crippen molar-refractivity contribution >= 4 is 62.7 Å². The van der Waals surface area contributed by atoms with Crippen LogP contribution in [0.15, 0.2) is 77.3 Å². The maximum absolute atomic E-state index is 13.7. The first kappa shape index (κ1) is 29.6. The Morgan fingerprint density at radius 3 is 2.14 bits per heavy atom. The van der Waals surface area contributed by atoms with E-state index in [2.05, 4.69) is 21.2 Å². The molecule has 0 heterocycles. The van der Waals surface area contributed by atoms with Gasteiger partial charge in [0.15, 0.2) is 0 Å². The van der Waals surface area contributed by atoms with Crippen LogP contribution in [0.3, 0.4) is 0 Å². The molecule has 0 aliphatic heterocycles. The topological polar surface area (TPSA) is 49.4 Å². The average molecular weight is 622 g/mol. The number of carbonyl (C=O) groups excluding carboxylic acids is 2. The van der Waals surface area contributed by atoms with Crippen LogP contribution < -0.4 is 5.32 Å². The molecule has 2 amide bonds. The second kappa shape index (κ2) is 13.7. The molecule has 0 radical (unpaired) electrons. The van der Waals surface area contributed by atoms with E-state index in [0.717, 1.165) is 21.2 Å². The Morgan fingerprint density at radius 1 is 0.919 bits per heavy atom. The van der Waals surface area contributed by atoms with Gasteiger partial charge in [0.05, 0.1) is 5.75 Å². The van der Waals surface area contributed by atoms with Crippen molar-refractivity contribution in [3.05, 3.63) is 104 Å². The third-order valence-corrected chi connectivity index (χ3v) is 7.75. The fraction of sp³-hybridized carbons (Fsp3) is 0.310. The normalized spacial score (nSPS) is 12.2. The van der Waals surface area contributed by atoms with Gasteiger partial charge in [0, 0.05) is 38.8 Å². The van der Waals surface area contributed by atoms with Crippen molar-refractivity contribution in [3.8, 4) is 0 Å². The summed E-state index contributed by atoms with van der Waals surface area (Å²) >= 11 is 17.5. The van der Waals surface area contributed by atoms with Crippen molar-refractivity contribution in [2.45, 2.75) is 51.1 Å². The summed E-state index contributed by atoms with van der Waals surface area (Å²) in [5.74, 6) is 0.377. The number of thioether (sulfide) groups is 1. The molecule has 0 fully saturated rings. The summed E-state index contributed by atoms with van der Waals surface area (Å²) in [5, 5.41) is 4.23. The molecule has 1 N–H and O–H groups in total. The van der Waals surface area contributed by atoms with E-state index in [1.54, 1.807) is 23.1 Å². The van der Waals surface area contributed by atoms with Gasteiger partial charge in [-0.25, -0.2) is 0 Å². The molecule has 196 valence electrons. The molecule has 4 nitrogen and oxygen atoms in total. The zero-order valence-corrected chi connectivity index (χ0v) is 25.1. The molecule has 0 aliphatic carbocycles. The van der Waals surface area contributed by atoms with Crippen molar-refractivity contribution in [1.29, 1.82) is 0 Å². The standard InChI is InChI=1S/C29H31BrCl2N2O2S/c1-29(2,3)33-28(36)26(16-20-8-5-4-6-9-20)34(17-21-12-14-22(30)15-13-21)27(35)19-37-18-23-24(31)10-7-11-25(23)32/h4-15,26H,16-19H2,1-3H3,(H,33,36)/t26-/m0/s1. The van der Waals surface area contributed by atoms with Crippen LogP contribution in [0.25, 0.3) is 0 Å². The molecule has 0 spiro atoms. The number of benzene rings is 3. The number of hydrogen-bond acceptors (Lipinski definition) is 3. The molecule has 8 heteroatoms. The number of carbonyl (C=O) groups is 2. The smallest absolute Gasteiger partial charge is 0.243 e. The summed E-state index contributed by atoms with van der Waals surface area (Å²) in [6, 6.07) is 22.3. The van der Waals surface area contributed by atoms with Crippen LogP contribution in [0, 0.1) is 0 Å². The Kier molecular flexibility index (Phi) is 10.9. The second-order valence-electron chi connectivity index (χ2n) is 9.79. The third kappa shape index (κ3) is 9.36. The van der Waals surface area contributed by atoms with Crippen LogP contribution in [-0.2, 0) is 28.3 Å². The first-order chi connectivity index (χ1) is 17.5. The summed E-state index contributed by atoms with van der Waals surface area (Å²) in [7, 11) is 0. The van der Waals surface area contributed by atoms with Crippen LogP contribution in [-0.4, -0.2) is 34.0 Å². The zero-order valence-electron chi connectivity index (χ0n) is 21.1. The van der Waals surface area contributed by atoms with Crippen molar-refractivity contribution in [3.63, 3.8) is 0 Å². The van der Waals surface area contributed by atoms with Crippen molar-refractivity contribution < 1.29 is 9.59 Å². The van der Waals surface area contributed by atoms with Gasteiger partial charge in [-0.05, 0) is 61.7 Å². The van der Waals surface area contributed by atoms with Gasteiger partial charge in [-0.1, -0.05) is 87.7 Å². The van der Waals surface area contributed by atoms with Gasteiger partial charge in [0.2, 0.25) is 11.8 Å². The Labute approximate surface area is 242 Å². The van der Waals surface area contributed by atoms with E-state index < -0.39 is 11.6 Å². The third-order valence-electron chi connectivity index (χ3n) is 5.57. The average Bonchev–Trinajstić information content (AvgIpc) is 2.83. The van der Waals surface area contributed by atoms with Gasteiger partial charge in [-0.2, -0.15) is 0 Å². The van der Waals surface area contributed by atoms with E-state index in [1.807, 2.05) is 75.4 Å². The predicted molar refractivity (Wildman–Crippen MR) is 159 cm³/mol. The zero-order chi connectivity index (χ0) is 27.0. The first-order valence-corrected chi connectivity index (χ1v) is 14.6. The van der Waals surface area contributed by atoms with Crippen molar-refractivity contribution in [1.82, 2.24) is 10.2 Å². The second-order valence-corrected chi connectivity index (χ2v) is 12.5. The van der Waals surface area contributed by atoms with Gasteiger partial charge in [-0.3, -0.25) is 9.59 Å². The molecular weight excluding hydrogens is 591 g/mol. The molecule has 0 aromatic heterocycles. The molecular formula is C29H31BrCl2N2O2S. The Balaban J connectivity index is 1.88. The van der Waals surface area contributed by atoms with Crippen LogP contribution in [0.5, 0.6) is 0 Å². The maximum Gasteiger partial charge on any atom is 0.243 e. The van der Waals surface area contributed by atoms with Crippen LogP contribution >= 0.6 is 50.9 Å². The highest BCUT2D eigenvalue weighted by Gasteiger charge is 2.32. The number of amides is 2. The largest absolute Gasteiger partial charge is 0.350 e. The summed E-state index contributed by atoms with van der Waals surface area (Å²) in [6.07, 6.45) is 0.409. The SMILES string of the molecule is CC(C)(C)NC(=O)[C@H](Cc1ccccc1)N(Cc1ccc(Br)cc1)C(=O)CSCc1c(Cl)cccc1Cl. The number of hydrogen-bond donors (Lipinski definition) is 1. The Hall–Kier alpha value is -1.99. The number of nitrogens with one attached hydrogen (secondary N) is 1. The molecule has 0 saturated carbocycles. The molecule has 1 atom stereocenters. The van der Waals surface area contributed by atoms with Crippen molar-refractivity contribution in [2.75, 3.05) is 5.75 Å². The first-order valence-electron chi connectivity index (χ1n) is 11.9. The van der Waals surface area contributed by atoms with Gasteiger partial charge in [0.25, 0.3) is 0 Å². The molecule has 3 aromatic carbocycles. The fourth-order valence-electron chi connectivity index (χ4n) is 3.79. The minimum Gasteiger partial charge on any atom is -0.350 e. The number of rotatable bonds is 10. The Morgan fingerprint density at radius 2 is 1.54 bits per heavy atom. The highest BCUT2D eigenvalue weighted by atomic mass is 79.9. The lowest BCUT2D eigenvalue weighted by Gasteiger charge is -2.34. The molecule has 0 saturated heterocycles. The van der Waals surface area contributed by atoms with E-state index in [1.165, 1.54) is 11.8 Å². The molecule has 3 rings (SSSR count). The quantitative estimate of drug-likeness (QED) is 0.254. The van der Waals surface area contributed by atoms with Gasteiger partial charge in [-0.15, -0.1) is 11.8 Å². The van der Waals surface area contributed by atoms with Crippen molar-refractivity contribution in [2.24, 2.45) is 0 Å². The maximum atomic E-state index is 13.7. The lowest BCUT2D eigenvalue weighted by molar-refractivity contribution is -0.140. The van der Waals surface area contributed by atoms with E-state index in [4.69, 9.17) is 23.2 Å². The molecule has 0 aliphatic rings. The fourth-order valence-corrected chi connectivity index (χ4v) is 5.70. The summed E-state index contributed by atoms with van der Waals surface area (Å²) in [4.78, 5) is 29.0. The highest BCUT2D eigenvalue weighted by molar-refractivity contribution is 9.10. The molecule has 0 bridgehead atoms. The van der Waals surface area contributed by atoms with Crippen LogP contribution in [0.4, 0.5) is 0 Å². The molecule has 0 unspecified atom stereocenters.